The smallest absolute Gasteiger partial charge is 0.126 e. The van der Waals surface area contributed by atoms with Crippen molar-refractivity contribution < 1.29 is 9.50 Å². The number of benzene rings is 1. The SMILES string of the molecule is CN(C)C(C)(C)C(O)Cc1cc(Cl)ccc1F. The van der Waals surface area contributed by atoms with Gasteiger partial charge in [-0.05, 0) is 51.7 Å². The molecule has 0 aromatic heterocycles. The van der Waals surface area contributed by atoms with Gasteiger partial charge in [-0.2, -0.15) is 0 Å². The van der Waals surface area contributed by atoms with Crippen molar-refractivity contribution in [3.05, 3.63) is 34.6 Å². The highest BCUT2D eigenvalue weighted by Crippen LogP contribution is 2.22. The average Bonchev–Trinajstić information content (AvgIpc) is 2.23. The third-order valence-corrected chi connectivity index (χ3v) is 3.62. The van der Waals surface area contributed by atoms with Crippen LogP contribution in [0.15, 0.2) is 18.2 Å². The summed E-state index contributed by atoms with van der Waals surface area (Å²) >= 11 is 5.82. The van der Waals surface area contributed by atoms with Gasteiger partial charge in [0.1, 0.15) is 5.82 Å². The number of rotatable bonds is 4. The van der Waals surface area contributed by atoms with Crippen molar-refractivity contribution in [2.45, 2.75) is 31.9 Å². The molecular formula is C13H19ClFNO. The molecule has 0 saturated heterocycles. The van der Waals surface area contributed by atoms with Gasteiger partial charge in [0.05, 0.1) is 6.10 Å². The number of likely N-dealkylation sites (N-methyl/N-ethyl adjacent to an activating group) is 1. The van der Waals surface area contributed by atoms with Gasteiger partial charge < -0.3 is 10.0 Å². The first kappa shape index (κ1) is 14.4. The summed E-state index contributed by atoms with van der Waals surface area (Å²) in [6.45, 7) is 3.83. The number of aliphatic hydroxyl groups excluding tert-OH is 1. The van der Waals surface area contributed by atoms with Crippen LogP contribution in [0.3, 0.4) is 0 Å². The highest BCUT2D eigenvalue weighted by molar-refractivity contribution is 6.30. The minimum absolute atomic E-state index is 0.248. The van der Waals surface area contributed by atoms with E-state index in [4.69, 9.17) is 11.6 Å². The summed E-state index contributed by atoms with van der Waals surface area (Å²) < 4.78 is 13.5. The first-order valence-electron chi connectivity index (χ1n) is 5.54. The maximum Gasteiger partial charge on any atom is 0.126 e. The minimum Gasteiger partial charge on any atom is -0.391 e. The maximum atomic E-state index is 13.5. The molecule has 0 fully saturated rings. The second kappa shape index (κ2) is 5.34. The number of aliphatic hydroxyl groups is 1. The van der Waals surface area contributed by atoms with Crippen LogP contribution in [0, 0.1) is 5.82 Å². The molecule has 2 nitrogen and oxygen atoms in total. The van der Waals surface area contributed by atoms with Crippen molar-refractivity contribution in [3.63, 3.8) is 0 Å². The van der Waals surface area contributed by atoms with Gasteiger partial charge in [0.25, 0.3) is 0 Å². The molecular weight excluding hydrogens is 241 g/mol. The second-order valence-corrected chi connectivity index (χ2v) is 5.44. The van der Waals surface area contributed by atoms with E-state index in [1.54, 1.807) is 6.07 Å². The lowest BCUT2D eigenvalue weighted by molar-refractivity contribution is 0.0178. The summed E-state index contributed by atoms with van der Waals surface area (Å²) in [6.07, 6.45) is -0.414. The molecule has 0 amide bonds. The van der Waals surface area contributed by atoms with E-state index in [1.165, 1.54) is 12.1 Å². The standard InChI is InChI=1S/C13H19ClFNO/c1-13(2,16(3)4)12(17)8-9-7-10(14)5-6-11(9)15/h5-7,12,17H,8H2,1-4H3. The quantitative estimate of drug-likeness (QED) is 0.899. The molecule has 0 radical (unpaired) electrons. The van der Waals surface area contributed by atoms with E-state index < -0.39 is 11.6 Å². The fourth-order valence-corrected chi connectivity index (χ4v) is 1.65. The molecule has 4 heteroatoms. The Labute approximate surface area is 107 Å². The second-order valence-electron chi connectivity index (χ2n) is 5.00. The van der Waals surface area contributed by atoms with Crippen LogP contribution < -0.4 is 0 Å². The Morgan fingerprint density at radius 1 is 1.41 bits per heavy atom. The van der Waals surface area contributed by atoms with Crippen LogP contribution in [-0.2, 0) is 6.42 Å². The van der Waals surface area contributed by atoms with Crippen LogP contribution in [0.1, 0.15) is 19.4 Å². The molecule has 1 N–H and O–H groups in total. The first-order valence-corrected chi connectivity index (χ1v) is 5.92. The number of halogens is 2. The van der Waals surface area contributed by atoms with E-state index in [1.807, 2.05) is 32.8 Å². The van der Waals surface area contributed by atoms with Gasteiger partial charge in [0.15, 0.2) is 0 Å². The van der Waals surface area contributed by atoms with Gasteiger partial charge in [0.2, 0.25) is 0 Å². The van der Waals surface area contributed by atoms with Crippen molar-refractivity contribution in [1.82, 2.24) is 4.90 Å². The van der Waals surface area contributed by atoms with E-state index in [0.717, 1.165) is 0 Å². The van der Waals surface area contributed by atoms with Gasteiger partial charge in [-0.3, -0.25) is 0 Å². The van der Waals surface area contributed by atoms with E-state index in [9.17, 15) is 9.50 Å². The van der Waals surface area contributed by atoms with Crippen molar-refractivity contribution >= 4 is 11.6 Å². The van der Waals surface area contributed by atoms with E-state index in [-0.39, 0.29) is 12.2 Å². The number of hydrogen-bond acceptors (Lipinski definition) is 2. The lowest BCUT2D eigenvalue weighted by Gasteiger charge is -2.37. The van der Waals surface area contributed by atoms with E-state index >= 15 is 0 Å². The third kappa shape index (κ3) is 3.41. The van der Waals surface area contributed by atoms with Crippen LogP contribution in [-0.4, -0.2) is 35.7 Å². The molecule has 0 heterocycles. The Balaban J connectivity index is 2.88. The first-order chi connectivity index (χ1) is 7.75. The zero-order valence-electron chi connectivity index (χ0n) is 10.7. The van der Waals surface area contributed by atoms with Crippen molar-refractivity contribution in [1.29, 1.82) is 0 Å². The molecule has 0 saturated carbocycles. The molecule has 1 rings (SSSR count). The van der Waals surface area contributed by atoms with Crippen LogP contribution in [0.2, 0.25) is 5.02 Å². The molecule has 1 unspecified atom stereocenters. The summed E-state index contributed by atoms with van der Waals surface area (Å²) in [5, 5.41) is 10.6. The lowest BCUT2D eigenvalue weighted by Crippen LogP contribution is -2.49. The molecule has 0 spiro atoms. The molecule has 1 aromatic carbocycles. The molecule has 0 aliphatic rings. The third-order valence-electron chi connectivity index (χ3n) is 3.39. The molecule has 0 bridgehead atoms. The fraction of sp³-hybridized carbons (Fsp3) is 0.538. The lowest BCUT2D eigenvalue weighted by atomic mass is 9.90. The highest BCUT2D eigenvalue weighted by atomic mass is 35.5. The van der Waals surface area contributed by atoms with E-state index in [2.05, 4.69) is 0 Å². The minimum atomic E-state index is -0.662. The number of nitrogens with zero attached hydrogens (tertiary/aromatic N) is 1. The summed E-state index contributed by atoms with van der Waals surface area (Å²) in [5.74, 6) is -0.331. The largest absolute Gasteiger partial charge is 0.391 e. The molecule has 17 heavy (non-hydrogen) atoms. The molecule has 96 valence electrons. The average molecular weight is 260 g/mol. The molecule has 1 aromatic rings. The van der Waals surface area contributed by atoms with Gasteiger partial charge in [-0.1, -0.05) is 11.6 Å². The van der Waals surface area contributed by atoms with Crippen molar-refractivity contribution in [2.75, 3.05) is 14.1 Å². The fourth-order valence-electron chi connectivity index (χ4n) is 1.46. The number of hydrogen-bond donors (Lipinski definition) is 1. The van der Waals surface area contributed by atoms with Gasteiger partial charge in [-0.25, -0.2) is 4.39 Å². The van der Waals surface area contributed by atoms with Crippen molar-refractivity contribution in [2.24, 2.45) is 0 Å². The normalized spacial score (nSPS) is 14.1. The van der Waals surface area contributed by atoms with Gasteiger partial charge in [0, 0.05) is 17.0 Å². The van der Waals surface area contributed by atoms with Crippen LogP contribution in [0.5, 0.6) is 0 Å². The topological polar surface area (TPSA) is 23.5 Å². The van der Waals surface area contributed by atoms with Gasteiger partial charge in [-0.15, -0.1) is 0 Å². The van der Waals surface area contributed by atoms with Gasteiger partial charge >= 0.3 is 0 Å². The van der Waals surface area contributed by atoms with Crippen LogP contribution in [0.25, 0.3) is 0 Å². The molecule has 1 atom stereocenters. The Morgan fingerprint density at radius 3 is 2.53 bits per heavy atom. The zero-order valence-corrected chi connectivity index (χ0v) is 11.4. The predicted octanol–water partition coefficient (Wildman–Crippen LogP) is 2.72. The Bertz CT molecular complexity index is 393. The maximum absolute atomic E-state index is 13.5. The highest BCUT2D eigenvalue weighted by Gasteiger charge is 2.30. The summed E-state index contributed by atoms with van der Waals surface area (Å²) in [4.78, 5) is 1.92. The predicted molar refractivity (Wildman–Crippen MR) is 68.9 cm³/mol. The van der Waals surface area contributed by atoms with Crippen LogP contribution in [0.4, 0.5) is 4.39 Å². The summed E-state index contributed by atoms with van der Waals surface area (Å²) in [5.41, 5.74) is 0.0225. The summed E-state index contributed by atoms with van der Waals surface area (Å²) in [6, 6.07) is 4.39. The molecule has 0 aliphatic carbocycles. The van der Waals surface area contributed by atoms with Crippen LogP contribution >= 0.6 is 11.6 Å². The van der Waals surface area contributed by atoms with E-state index in [0.29, 0.717) is 10.6 Å². The monoisotopic (exact) mass is 259 g/mol. The van der Waals surface area contributed by atoms with Crippen molar-refractivity contribution in [3.8, 4) is 0 Å². The summed E-state index contributed by atoms with van der Waals surface area (Å²) in [7, 11) is 3.77. The molecule has 0 aliphatic heterocycles. The Kier molecular flexibility index (Phi) is 4.53. The Morgan fingerprint density at radius 2 is 2.00 bits per heavy atom. The Hall–Kier alpha value is -0.640. The zero-order chi connectivity index (χ0) is 13.2.